The average molecular weight is 625 g/mol. The van der Waals surface area contributed by atoms with Crippen LogP contribution in [0.1, 0.15) is 52.0 Å². The Labute approximate surface area is 277 Å². The van der Waals surface area contributed by atoms with Crippen molar-refractivity contribution in [3.8, 4) is 16.9 Å². The molecule has 1 aliphatic rings. The highest BCUT2D eigenvalue weighted by Gasteiger charge is 2.24. The van der Waals surface area contributed by atoms with Crippen molar-refractivity contribution in [1.82, 2.24) is 0 Å². The van der Waals surface area contributed by atoms with Gasteiger partial charge in [0.1, 0.15) is 18.5 Å². The molecule has 5 aromatic carbocycles. The summed E-state index contributed by atoms with van der Waals surface area (Å²) in [5.74, 6) is -0.251. The first-order valence-electron chi connectivity index (χ1n) is 16.3. The number of hydrogen-bond acceptors (Lipinski definition) is 4. The first-order chi connectivity index (χ1) is 23.1. The fraction of sp³-hybridized carbons (Fsp3) is 0.214. The summed E-state index contributed by atoms with van der Waals surface area (Å²) in [6.07, 6.45) is 5.55. The van der Waals surface area contributed by atoms with Crippen LogP contribution >= 0.6 is 0 Å². The van der Waals surface area contributed by atoms with Gasteiger partial charge in [-0.25, -0.2) is 4.79 Å². The molecule has 0 heterocycles. The number of carbonyl (C=O) groups is 1. The van der Waals surface area contributed by atoms with Crippen molar-refractivity contribution >= 4 is 18.1 Å². The van der Waals surface area contributed by atoms with E-state index in [-0.39, 0.29) is 6.10 Å². The number of fused-ring (bicyclic) bond motifs is 2. The van der Waals surface area contributed by atoms with E-state index in [9.17, 15) is 9.90 Å². The standard InChI is InChI=1S/C42H40O5/c1-2-45-40(42(43)44)28-31-17-23-36(24-18-31)46-26-27-47-41-38-15-9-14-33(19-16-30-10-5-3-6-11-30)37(38)25-22-34-20-21-35(29-39(34)41)32-12-7-4-8-13-32/h3-15,17-18,20-25,29,40-41H,2,16,19,26-28H2,1H3,(H,43,44). The summed E-state index contributed by atoms with van der Waals surface area (Å²) in [5.41, 5.74) is 10.5. The lowest BCUT2D eigenvalue weighted by molar-refractivity contribution is -0.149. The van der Waals surface area contributed by atoms with Crippen LogP contribution in [-0.4, -0.2) is 37.0 Å². The lowest BCUT2D eigenvalue weighted by atomic mass is 9.90. The molecule has 47 heavy (non-hydrogen) atoms. The molecule has 0 saturated heterocycles. The number of benzene rings is 5. The Morgan fingerprint density at radius 2 is 1.49 bits per heavy atom. The van der Waals surface area contributed by atoms with Crippen molar-refractivity contribution in [2.45, 2.75) is 38.4 Å². The summed E-state index contributed by atoms with van der Waals surface area (Å²) in [5, 5.41) is 9.41. The molecule has 5 nitrogen and oxygen atoms in total. The molecule has 2 unspecified atom stereocenters. The van der Waals surface area contributed by atoms with Crippen LogP contribution < -0.4 is 4.74 Å². The van der Waals surface area contributed by atoms with Crippen LogP contribution in [-0.2, 0) is 33.5 Å². The van der Waals surface area contributed by atoms with Crippen molar-refractivity contribution in [3.05, 3.63) is 160 Å². The third-order valence-electron chi connectivity index (χ3n) is 8.57. The van der Waals surface area contributed by atoms with E-state index in [2.05, 4.69) is 103 Å². The maximum Gasteiger partial charge on any atom is 0.333 e. The van der Waals surface area contributed by atoms with Gasteiger partial charge in [0.2, 0.25) is 0 Å². The minimum atomic E-state index is -0.958. The first-order valence-corrected chi connectivity index (χ1v) is 16.3. The molecule has 2 atom stereocenters. The molecule has 0 spiro atoms. The van der Waals surface area contributed by atoms with E-state index in [4.69, 9.17) is 14.2 Å². The molecule has 0 radical (unpaired) electrons. The Bertz CT molecular complexity index is 1800. The van der Waals surface area contributed by atoms with E-state index in [0.717, 1.165) is 40.7 Å². The second-order valence-corrected chi connectivity index (χ2v) is 11.7. The van der Waals surface area contributed by atoms with Crippen LogP contribution in [0.5, 0.6) is 5.75 Å². The average Bonchev–Trinajstić information content (AvgIpc) is 3.27. The van der Waals surface area contributed by atoms with Gasteiger partial charge in [0.05, 0.1) is 6.61 Å². The monoisotopic (exact) mass is 624 g/mol. The molecule has 0 aromatic heterocycles. The number of aliphatic carboxylic acids is 1. The summed E-state index contributed by atoms with van der Waals surface area (Å²) >= 11 is 0. The number of aryl methyl sites for hydroxylation is 2. The largest absolute Gasteiger partial charge is 0.491 e. The van der Waals surface area contributed by atoms with Crippen molar-refractivity contribution in [1.29, 1.82) is 0 Å². The maximum atomic E-state index is 11.5. The topological polar surface area (TPSA) is 65.0 Å². The number of rotatable bonds is 14. The van der Waals surface area contributed by atoms with Gasteiger partial charge in [-0.3, -0.25) is 0 Å². The van der Waals surface area contributed by atoms with Crippen LogP contribution in [0.4, 0.5) is 0 Å². The highest BCUT2D eigenvalue weighted by Crippen LogP contribution is 2.39. The molecule has 5 aromatic rings. The summed E-state index contributed by atoms with van der Waals surface area (Å²) < 4.78 is 18.2. The minimum absolute atomic E-state index is 0.271. The van der Waals surface area contributed by atoms with Crippen LogP contribution in [0.15, 0.2) is 121 Å². The molecule has 6 rings (SSSR count). The highest BCUT2D eigenvalue weighted by molar-refractivity contribution is 5.79. The zero-order chi connectivity index (χ0) is 32.4. The molecule has 1 N–H and O–H groups in total. The van der Waals surface area contributed by atoms with E-state index in [1.807, 2.05) is 30.3 Å². The second kappa shape index (κ2) is 15.5. The Kier molecular flexibility index (Phi) is 10.6. The van der Waals surface area contributed by atoms with E-state index < -0.39 is 12.1 Å². The van der Waals surface area contributed by atoms with Gasteiger partial charge in [0.15, 0.2) is 6.10 Å². The molecule has 0 fully saturated rings. The molecular weight excluding hydrogens is 584 g/mol. The summed E-state index contributed by atoms with van der Waals surface area (Å²) in [7, 11) is 0. The SMILES string of the molecule is CCOC(Cc1ccc(OCCOC2c3cc(-c4ccccc4)ccc3C=Cc3c(CCc4ccccc4)cccc32)cc1)C(=O)O. The number of carboxylic acid groups (broad SMARTS) is 1. The quantitative estimate of drug-likeness (QED) is 0.125. The van der Waals surface area contributed by atoms with Gasteiger partial charge in [-0.1, -0.05) is 115 Å². The lowest BCUT2D eigenvalue weighted by Gasteiger charge is -2.23. The van der Waals surface area contributed by atoms with E-state index in [0.29, 0.717) is 32.0 Å². The Morgan fingerprint density at radius 3 is 2.23 bits per heavy atom. The molecular formula is C42H40O5. The fourth-order valence-corrected chi connectivity index (χ4v) is 6.17. The highest BCUT2D eigenvalue weighted by atomic mass is 16.5. The van der Waals surface area contributed by atoms with Gasteiger partial charge < -0.3 is 19.3 Å². The Hall–Kier alpha value is -4.97. The van der Waals surface area contributed by atoms with Gasteiger partial charge in [0.25, 0.3) is 0 Å². The molecule has 0 amide bonds. The summed E-state index contributed by atoms with van der Waals surface area (Å²) in [4.78, 5) is 11.5. The number of hydrogen-bond donors (Lipinski definition) is 1. The third-order valence-corrected chi connectivity index (χ3v) is 8.57. The summed E-state index contributed by atoms with van der Waals surface area (Å²) in [6.45, 7) is 2.91. The zero-order valence-electron chi connectivity index (χ0n) is 26.7. The van der Waals surface area contributed by atoms with Gasteiger partial charge in [-0.15, -0.1) is 0 Å². The second-order valence-electron chi connectivity index (χ2n) is 11.7. The van der Waals surface area contributed by atoms with Gasteiger partial charge in [0, 0.05) is 13.0 Å². The predicted octanol–water partition coefficient (Wildman–Crippen LogP) is 8.84. The third kappa shape index (κ3) is 8.07. The van der Waals surface area contributed by atoms with Gasteiger partial charge in [-0.2, -0.15) is 0 Å². The molecule has 0 aliphatic heterocycles. The molecule has 5 heteroatoms. The van der Waals surface area contributed by atoms with Crippen LogP contribution in [0.2, 0.25) is 0 Å². The van der Waals surface area contributed by atoms with Crippen LogP contribution in [0.3, 0.4) is 0 Å². The van der Waals surface area contributed by atoms with Gasteiger partial charge in [-0.05, 0) is 88.0 Å². The van der Waals surface area contributed by atoms with E-state index in [1.165, 1.54) is 22.3 Å². The van der Waals surface area contributed by atoms with Crippen LogP contribution in [0.25, 0.3) is 23.3 Å². The predicted molar refractivity (Wildman–Crippen MR) is 188 cm³/mol. The maximum absolute atomic E-state index is 11.5. The van der Waals surface area contributed by atoms with Crippen molar-refractivity contribution in [2.75, 3.05) is 19.8 Å². The normalized spacial score (nSPS) is 14.1. The van der Waals surface area contributed by atoms with Gasteiger partial charge >= 0.3 is 5.97 Å². The lowest BCUT2D eigenvalue weighted by Crippen LogP contribution is -2.26. The Balaban J connectivity index is 1.21. The van der Waals surface area contributed by atoms with Crippen molar-refractivity contribution in [3.63, 3.8) is 0 Å². The van der Waals surface area contributed by atoms with E-state index >= 15 is 0 Å². The molecule has 0 saturated carbocycles. The zero-order valence-corrected chi connectivity index (χ0v) is 26.7. The molecule has 0 bridgehead atoms. The first kappa shape index (κ1) is 32.0. The molecule has 238 valence electrons. The fourth-order valence-electron chi connectivity index (χ4n) is 6.17. The van der Waals surface area contributed by atoms with E-state index in [1.54, 1.807) is 6.92 Å². The van der Waals surface area contributed by atoms with Crippen molar-refractivity contribution < 1.29 is 24.1 Å². The summed E-state index contributed by atoms with van der Waals surface area (Å²) in [6, 6.07) is 41.8. The number of ether oxygens (including phenoxy) is 3. The smallest absolute Gasteiger partial charge is 0.333 e. The van der Waals surface area contributed by atoms with Crippen LogP contribution in [0, 0.1) is 0 Å². The minimum Gasteiger partial charge on any atom is -0.491 e. The van der Waals surface area contributed by atoms with Crippen molar-refractivity contribution in [2.24, 2.45) is 0 Å². The number of carboxylic acids is 1. The Morgan fingerprint density at radius 1 is 0.723 bits per heavy atom. The molecule has 1 aliphatic carbocycles.